The first-order valence-electron chi connectivity index (χ1n) is 7.31. The molecule has 0 bridgehead atoms. The lowest BCUT2D eigenvalue weighted by molar-refractivity contribution is -0.122. The molecule has 23 heavy (non-hydrogen) atoms. The molecule has 0 aliphatic carbocycles. The Balaban J connectivity index is 1.94. The van der Waals surface area contributed by atoms with Crippen LogP contribution >= 0.6 is 34.7 Å². The van der Waals surface area contributed by atoms with Crippen LogP contribution in [0.15, 0.2) is 28.6 Å². The maximum atomic E-state index is 12.3. The summed E-state index contributed by atoms with van der Waals surface area (Å²) in [5, 5.41) is 11.9. The van der Waals surface area contributed by atoms with E-state index < -0.39 is 6.10 Å². The normalized spacial score (nSPS) is 12.0. The molecule has 0 saturated heterocycles. The molecular formula is C15H18ClN3O2S2. The first-order valence-corrected chi connectivity index (χ1v) is 9.49. The fourth-order valence-corrected chi connectivity index (χ4v) is 3.50. The van der Waals surface area contributed by atoms with Gasteiger partial charge in [0.1, 0.15) is 5.75 Å². The summed E-state index contributed by atoms with van der Waals surface area (Å²) in [5.41, 5.74) is 0. The Hall–Kier alpha value is -1.31. The number of nitrogens with zero attached hydrogens (tertiary/aromatic N) is 2. The van der Waals surface area contributed by atoms with E-state index >= 15 is 0 Å². The van der Waals surface area contributed by atoms with Crippen molar-refractivity contribution >= 4 is 45.7 Å². The SMILES string of the molecule is CCCSc1nnc(NC(=O)[C@H](CC)Oc2ccc(Cl)cc2)s1. The standard InChI is InChI=1S/C15H18ClN3O2S2/c1-3-9-22-15-19-18-14(23-15)17-13(20)12(4-2)21-11-7-5-10(16)6-8-11/h5-8,12H,3-4,9H2,1-2H3,(H,17,18,20)/t12-/m0/s1. The number of carbonyl (C=O) groups is 1. The molecular weight excluding hydrogens is 354 g/mol. The molecule has 0 aliphatic heterocycles. The van der Waals surface area contributed by atoms with Gasteiger partial charge in [-0.3, -0.25) is 10.1 Å². The van der Waals surface area contributed by atoms with Crippen LogP contribution in [-0.2, 0) is 4.79 Å². The third-order valence-electron chi connectivity index (χ3n) is 2.82. The Labute approximate surface area is 148 Å². The topological polar surface area (TPSA) is 64.1 Å². The maximum Gasteiger partial charge on any atom is 0.267 e. The average Bonchev–Trinajstić information content (AvgIpc) is 2.99. The van der Waals surface area contributed by atoms with Crippen LogP contribution in [0.4, 0.5) is 5.13 Å². The monoisotopic (exact) mass is 371 g/mol. The van der Waals surface area contributed by atoms with E-state index in [1.807, 2.05) is 6.92 Å². The number of hydrogen-bond donors (Lipinski definition) is 1. The smallest absolute Gasteiger partial charge is 0.267 e. The van der Waals surface area contributed by atoms with Crippen LogP contribution in [0.3, 0.4) is 0 Å². The number of carbonyl (C=O) groups excluding carboxylic acids is 1. The number of amides is 1. The molecule has 1 aromatic heterocycles. The van der Waals surface area contributed by atoms with Crippen molar-refractivity contribution in [3.05, 3.63) is 29.3 Å². The molecule has 124 valence electrons. The second kappa shape index (κ2) is 9.10. The number of rotatable bonds is 8. The summed E-state index contributed by atoms with van der Waals surface area (Å²) in [6, 6.07) is 6.93. The van der Waals surface area contributed by atoms with Gasteiger partial charge in [-0.2, -0.15) is 0 Å². The van der Waals surface area contributed by atoms with Gasteiger partial charge in [-0.25, -0.2) is 0 Å². The minimum absolute atomic E-state index is 0.231. The maximum absolute atomic E-state index is 12.3. The summed E-state index contributed by atoms with van der Waals surface area (Å²) >= 11 is 8.85. The van der Waals surface area contributed by atoms with E-state index in [4.69, 9.17) is 16.3 Å². The number of aromatic nitrogens is 2. The van der Waals surface area contributed by atoms with Gasteiger partial charge in [-0.1, -0.05) is 48.5 Å². The fourth-order valence-electron chi connectivity index (χ4n) is 1.69. The number of halogens is 1. The summed E-state index contributed by atoms with van der Waals surface area (Å²) in [7, 11) is 0. The molecule has 8 heteroatoms. The van der Waals surface area contributed by atoms with Gasteiger partial charge in [-0.15, -0.1) is 10.2 Å². The van der Waals surface area contributed by atoms with E-state index in [1.54, 1.807) is 36.0 Å². The molecule has 1 heterocycles. The number of nitrogens with one attached hydrogen (secondary N) is 1. The van der Waals surface area contributed by atoms with Crippen LogP contribution in [0.5, 0.6) is 5.75 Å². The van der Waals surface area contributed by atoms with Crippen LogP contribution in [0.2, 0.25) is 5.02 Å². The number of benzene rings is 1. The summed E-state index contributed by atoms with van der Waals surface area (Å²) in [4.78, 5) is 12.3. The zero-order valence-electron chi connectivity index (χ0n) is 12.9. The lowest BCUT2D eigenvalue weighted by Crippen LogP contribution is -2.32. The third kappa shape index (κ3) is 5.67. The Morgan fingerprint density at radius 3 is 2.74 bits per heavy atom. The highest BCUT2D eigenvalue weighted by Gasteiger charge is 2.20. The summed E-state index contributed by atoms with van der Waals surface area (Å²) in [6.45, 7) is 4.00. The van der Waals surface area contributed by atoms with E-state index in [0.29, 0.717) is 22.3 Å². The number of anilines is 1. The molecule has 1 aromatic carbocycles. The zero-order chi connectivity index (χ0) is 16.7. The summed E-state index contributed by atoms with van der Waals surface area (Å²) in [5.74, 6) is 1.36. The highest BCUT2D eigenvalue weighted by Crippen LogP contribution is 2.26. The van der Waals surface area contributed by atoms with E-state index in [-0.39, 0.29) is 5.91 Å². The van der Waals surface area contributed by atoms with Crippen molar-refractivity contribution in [2.45, 2.75) is 37.1 Å². The van der Waals surface area contributed by atoms with Crippen molar-refractivity contribution in [3.63, 3.8) is 0 Å². The summed E-state index contributed by atoms with van der Waals surface area (Å²) < 4.78 is 6.56. The Morgan fingerprint density at radius 2 is 2.09 bits per heavy atom. The van der Waals surface area contributed by atoms with Gasteiger partial charge >= 0.3 is 0 Å². The molecule has 1 amide bonds. The van der Waals surface area contributed by atoms with Crippen molar-refractivity contribution in [2.75, 3.05) is 11.1 Å². The quantitative estimate of drug-likeness (QED) is 0.547. The number of thioether (sulfide) groups is 1. The second-order valence-corrected chi connectivity index (χ2v) is 7.44. The number of ether oxygens (including phenoxy) is 1. The van der Waals surface area contributed by atoms with E-state index in [0.717, 1.165) is 16.5 Å². The van der Waals surface area contributed by atoms with Crippen LogP contribution in [0, 0.1) is 0 Å². The first kappa shape index (κ1) is 18.0. The molecule has 1 atom stereocenters. The van der Waals surface area contributed by atoms with Gasteiger partial charge in [0.25, 0.3) is 5.91 Å². The van der Waals surface area contributed by atoms with Gasteiger partial charge in [0.05, 0.1) is 0 Å². The van der Waals surface area contributed by atoms with Gasteiger partial charge in [0.2, 0.25) is 5.13 Å². The van der Waals surface area contributed by atoms with Crippen molar-refractivity contribution in [1.29, 1.82) is 0 Å². The van der Waals surface area contributed by atoms with E-state index in [2.05, 4.69) is 22.4 Å². The highest BCUT2D eigenvalue weighted by molar-refractivity contribution is 8.01. The molecule has 0 fully saturated rings. The predicted molar refractivity (Wildman–Crippen MR) is 95.7 cm³/mol. The lowest BCUT2D eigenvalue weighted by atomic mass is 10.2. The van der Waals surface area contributed by atoms with Crippen molar-refractivity contribution in [2.24, 2.45) is 0 Å². The molecule has 1 N–H and O–H groups in total. The largest absolute Gasteiger partial charge is 0.481 e. The molecule has 2 rings (SSSR count). The van der Waals surface area contributed by atoms with Gasteiger partial charge < -0.3 is 4.74 Å². The molecule has 0 spiro atoms. The second-order valence-electron chi connectivity index (χ2n) is 4.68. The number of hydrogen-bond acceptors (Lipinski definition) is 6. The lowest BCUT2D eigenvalue weighted by Gasteiger charge is -2.16. The van der Waals surface area contributed by atoms with Gasteiger partial charge in [-0.05, 0) is 37.1 Å². The van der Waals surface area contributed by atoms with Crippen molar-refractivity contribution in [1.82, 2.24) is 10.2 Å². The van der Waals surface area contributed by atoms with E-state index in [9.17, 15) is 4.79 Å². The third-order valence-corrected chi connectivity index (χ3v) is 5.25. The molecule has 0 radical (unpaired) electrons. The molecule has 5 nitrogen and oxygen atoms in total. The van der Waals surface area contributed by atoms with E-state index in [1.165, 1.54) is 11.3 Å². The Kier molecular flexibility index (Phi) is 7.14. The zero-order valence-corrected chi connectivity index (χ0v) is 15.3. The van der Waals surface area contributed by atoms with Crippen LogP contribution < -0.4 is 10.1 Å². The molecule has 0 unspecified atom stereocenters. The fraction of sp³-hybridized carbons (Fsp3) is 0.400. The molecule has 0 saturated carbocycles. The average molecular weight is 372 g/mol. The highest BCUT2D eigenvalue weighted by atomic mass is 35.5. The van der Waals surface area contributed by atoms with Gasteiger partial charge in [0, 0.05) is 10.8 Å². The minimum atomic E-state index is -0.591. The Bertz CT molecular complexity index is 634. The van der Waals surface area contributed by atoms with Crippen LogP contribution in [0.25, 0.3) is 0 Å². The van der Waals surface area contributed by atoms with Crippen molar-refractivity contribution in [3.8, 4) is 5.75 Å². The van der Waals surface area contributed by atoms with Crippen molar-refractivity contribution < 1.29 is 9.53 Å². The van der Waals surface area contributed by atoms with Gasteiger partial charge in [0.15, 0.2) is 10.4 Å². The summed E-state index contributed by atoms with van der Waals surface area (Å²) in [6.07, 6.45) is 1.02. The van der Waals surface area contributed by atoms with Crippen LogP contribution in [-0.4, -0.2) is 28.0 Å². The first-order chi connectivity index (χ1) is 11.1. The predicted octanol–water partition coefficient (Wildman–Crippen LogP) is 4.49. The van der Waals surface area contributed by atoms with Crippen LogP contribution in [0.1, 0.15) is 26.7 Å². The molecule has 0 aliphatic rings. The Morgan fingerprint density at radius 1 is 1.35 bits per heavy atom. The minimum Gasteiger partial charge on any atom is -0.481 e. The molecule has 2 aromatic rings.